The first-order valence-electron chi connectivity index (χ1n) is 7.59. The van der Waals surface area contributed by atoms with Crippen molar-refractivity contribution in [1.29, 1.82) is 0 Å². The van der Waals surface area contributed by atoms with E-state index in [1.54, 1.807) is 6.34 Å². The second-order valence-electron chi connectivity index (χ2n) is 5.41. The smallest absolute Gasteiger partial charge is 0.244 e. The molecule has 0 spiro atoms. The minimum absolute atomic E-state index is 0.167. The molecular weight excluding hydrogens is 254 g/mol. The highest BCUT2D eigenvalue weighted by Crippen LogP contribution is 2.16. The van der Waals surface area contributed by atoms with Crippen LogP contribution in [-0.4, -0.2) is 65.3 Å². The lowest BCUT2D eigenvalue weighted by molar-refractivity contribution is -0.133. The zero-order valence-electron chi connectivity index (χ0n) is 12.7. The van der Waals surface area contributed by atoms with Crippen molar-refractivity contribution in [2.75, 3.05) is 26.2 Å². The molecule has 2 aliphatic heterocycles. The Morgan fingerprint density at radius 1 is 1.40 bits per heavy atom. The zero-order chi connectivity index (χ0) is 14.5. The molecule has 6 nitrogen and oxygen atoms in total. The Balaban J connectivity index is 1.95. The van der Waals surface area contributed by atoms with Crippen LogP contribution in [0, 0.1) is 0 Å². The maximum absolute atomic E-state index is 12.4. The fourth-order valence-corrected chi connectivity index (χ4v) is 2.53. The third-order valence-corrected chi connectivity index (χ3v) is 3.58. The first-order chi connectivity index (χ1) is 9.65. The topological polar surface area (TPSA) is 51.5 Å². The van der Waals surface area contributed by atoms with Gasteiger partial charge in [-0.05, 0) is 26.2 Å². The van der Waals surface area contributed by atoms with Crippen molar-refractivity contribution in [3.05, 3.63) is 0 Å². The predicted molar refractivity (Wildman–Crippen MR) is 80.6 cm³/mol. The predicted octanol–water partition coefficient (Wildman–Crippen LogP) is 1.34. The van der Waals surface area contributed by atoms with Gasteiger partial charge in [0.2, 0.25) is 11.9 Å². The Morgan fingerprint density at radius 3 is 2.75 bits per heavy atom. The highest BCUT2D eigenvalue weighted by atomic mass is 16.2. The van der Waals surface area contributed by atoms with E-state index in [-0.39, 0.29) is 5.91 Å². The van der Waals surface area contributed by atoms with Crippen molar-refractivity contribution in [2.45, 2.75) is 46.1 Å². The van der Waals surface area contributed by atoms with Gasteiger partial charge in [-0.25, -0.2) is 9.98 Å². The Hall–Kier alpha value is -1.59. The van der Waals surface area contributed by atoms with Crippen molar-refractivity contribution in [1.82, 2.24) is 14.9 Å². The van der Waals surface area contributed by atoms with Crippen LogP contribution in [0.5, 0.6) is 0 Å². The van der Waals surface area contributed by atoms with Crippen molar-refractivity contribution in [2.24, 2.45) is 9.98 Å². The van der Waals surface area contributed by atoms with Gasteiger partial charge in [-0.2, -0.15) is 0 Å². The normalized spacial score (nSPS) is 20.9. The number of carbonyl (C=O) groups excluding carboxylic acids is 1. The fourth-order valence-electron chi connectivity index (χ4n) is 2.53. The quantitative estimate of drug-likeness (QED) is 0.737. The third-order valence-electron chi connectivity index (χ3n) is 3.58. The highest BCUT2D eigenvalue weighted by Gasteiger charge is 2.29. The van der Waals surface area contributed by atoms with Gasteiger partial charge in [0, 0.05) is 19.6 Å². The Kier molecular flexibility index (Phi) is 4.98. The maximum atomic E-state index is 12.4. The lowest BCUT2D eigenvalue weighted by atomic mass is 10.2. The molecule has 0 aromatic carbocycles. The molecule has 0 saturated heterocycles. The van der Waals surface area contributed by atoms with Gasteiger partial charge in [0.05, 0.1) is 6.04 Å². The minimum atomic E-state index is 0.167. The summed E-state index contributed by atoms with van der Waals surface area (Å²) in [6.07, 6.45) is 4.72. The molecule has 0 aliphatic carbocycles. The number of fused-ring (bicyclic) bond motifs is 1. The molecule has 20 heavy (non-hydrogen) atoms. The van der Waals surface area contributed by atoms with Crippen molar-refractivity contribution in [3.63, 3.8) is 0 Å². The van der Waals surface area contributed by atoms with Gasteiger partial charge in [-0.15, -0.1) is 0 Å². The summed E-state index contributed by atoms with van der Waals surface area (Å²) in [5.74, 6) is 0.911. The molecule has 1 atom stereocenters. The van der Waals surface area contributed by atoms with Gasteiger partial charge in [0.1, 0.15) is 12.9 Å². The van der Waals surface area contributed by atoms with Crippen LogP contribution in [0.4, 0.5) is 0 Å². The number of amides is 1. The summed E-state index contributed by atoms with van der Waals surface area (Å²) in [6, 6.07) is 0.325. The molecule has 2 heterocycles. The van der Waals surface area contributed by atoms with Crippen LogP contribution in [0.3, 0.4) is 0 Å². The molecule has 0 fully saturated rings. The molecule has 0 N–H and O–H groups in total. The molecular formula is C14H25N5O. The standard InChI is InChI=1S/C14H25N5O/c1-4-7-17(8-5-2)13(20)10-18-11-15-14-16-12(3)6-9-19(14)18/h11-12H,4-10H2,1-3H3. The van der Waals surface area contributed by atoms with Gasteiger partial charge < -0.3 is 4.90 Å². The van der Waals surface area contributed by atoms with E-state index in [2.05, 4.69) is 30.8 Å². The molecule has 0 aromatic rings. The van der Waals surface area contributed by atoms with Crippen molar-refractivity contribution >= 4 is 18.2 Å². The van der Waals surface area contributed by atoms with E-state index in [0.717, 1.165) is 44.9 Å². The van der Waals surface area contributed by atoms with Gasteiger partial charge >= 0.3 is 0 Å². The molecule has 6 heteroatoms. The molecule has 0 radical (unpaired) electrons. The molecule has 0 aromatic heterocycles. The molecule has 1 unspecified atom stereocenters. The van der Waals surface area contributed by atoms with Gasteiger partial charge in [-0.3, -0.25) is 14.8 Å². The van der Waals surface area contributed by atoms with Gasteiger partial charge in [-0.1, -0.05) is 13.8 Å². The molecule has 0 saturated carbocycles. The molecule has 2 rings (SSSR count). The number of guanidine groups is 1. The summed E-state index contributed by atoms with van der Waals surface area (Å²) in [7, 11) is 0. The summed E-state index contributed by atoms with van der Waals surface area (Å²) in [4.78, 5) is 23.1. The van der Waals surface area contributed by atoms with Crippen LogP contribution >= 0.6 is 0 Å². The third kappa shape index (κ3) is 3.29. The van der Waals surface area contributed by atoms with E-state index in [1.807, 2.05) is 14.9 Å². The van der Waals surface area contributed by atoms with Gasteiger partial charge in [0.25, 0.3) is 0 Å². The average molecular weight is 279 g/mol. The monoisotopic (exact) mass is 279 g/mol. The first kappa shape index (κ1) is 14.8. The van der Waals surface area contributed by atoms with Crippen LogP contribution in [0.15, 0.2) is 9.98 Å². The van der Waals surface area contributed by atoms with Crippen LogP contribution in [-0.2, 0) is 4.79 Å². The van der Waals surface area contributed by atoms with Crippen molar-refractivity contribution in [3.8, 4) is 0 Å². The second-order valence-corrected chi connectivity index (χ2v) is 5.41. The van der Waals surface area contributed by atoms with Crippen LogP contribution in [0.1, 0.15) is 40.0 Å². The van der Waals surface area contributed by atoms with Crippen LogP contribution < -0.4 is 0 Å². The van der Waals surface area contributed by atoms with E-state index in [1.165, 1.54) is 0 Å². The Morgan fingerprint density at radius 2 is 2.10 bits per heavy atom. The number of hydrazine groups is 1. The van der Waals surface area contributed by atoms with Crippen LogP contribution in [0.2, 0.25) is 0 Å². The van der Waals surface area contributed by atoms with E-state index < -0.39 is 0 Å². The van der Waals surface area contributed by atoms with E-state index >= 15 is 0 Å². The Labute approximate surface area is 121 Å². The minimum Gasteiger partial charge on any atom is -0.341 e. The van der Waals surface area contributed by atoms with E-state index in [0.29, 0.717) is 12.6 Å². The molecule has 2 aliphatic rings. The zero-order valence-corrected chi connectivity index (χ0v) is 12.7. The number of nitrogens with zero attached hydrogens (tertiary/aromatic N) is 5. The first-order valence-corrected chi connectivity index (χ1v) is 7.59. The number of hydrogen-bond acceptors (Lipinski definition) is 5. The lowest BCUT2D eigenvalue weighted by Gasteiger charge is -2.33. The number of hydrogen-bond donors (Lipinski definition) is 0. The number of aliphatic imine (C=N–C) groups is 2. The molecule has 112 valence electrons. The van der Waals surface area contributed by atoms with E-state index in [4.69, 9.17) is 0 Å². The Bertz CT molecular complexity index is 400. The summed E-state index contributed by atoms with van der Waals surface area (Å²) >= 11 is 0. The average Bonchev–Trinajstić information content (AvgIpc) is 2.80. The van der Waals surface area contributed by atoms with Crippen molar-refractivity contribution < 1.29 is 4.79 Å². The SMILES string of the molecule is CCCN(CCC)C(=O)CN1C=NC2=NC(C)CCN21. The molecule has 1 amide bonds. The fraction of sp³-hybridized carbons (Fsp3) is 0.786. The van der Waals surface area contributed by atoms with E-state index in [9.17, 15) is 4.79 Å². The molecule has 0 bridgehead atoms. The van der Waals surface area contributed by atoms with Crippen LogP contribution in [0.25, 0.3) is 0 Å². The largest absolute Gasteiger partial charge is 0.341 e. The summed E-state index contributed by atoms with van der Waals surface area (Å²) in [5.41, 5.74) is 0. The van der Waals surface area contributed by atoms with Gasteiger partial charge in [0.15, 0.2) is 0 Å². The summed E-state index contributed by atoms with van der Waals surface area (Å²) in [6.45, 7) is 9.20. The second kappa shape index (κ2) is 6.72. The number of carbonyl (C=O) groups is 1. The summed E-state index contributed by atoms with van der Waals surface area (Å²) < 4.78 is 0. The lowest BCUT2D eigenvalue weighted by Crippen LogP contribution is -2.49. The maximum Gasteiger partial charge on any atom is 0.244 e. The summed E-state index contributed by atoms with van der Waals surface area (Å²) in [5, 5.41) is 3.90. The number of rotatable bonds is 6. The highest BCUT2D eigenvalue weighted by molar-refractivity contribution is 5.94.